The molecule has 2 aliphatic heterocycles. The molecule has 156 valence electrons. The first kappa shape index (κ1) is 19.7. The van der Waals surface area contributed by atoms with Crippen LogP contribution in [0.25, 0.3) is 5.65 Å². The second-order valence-electron chi connectivity index (χ2n) is 8.17. The van der Waals surface area contributed by atoms with Crippen LogP contribution in [0, 0.1) is 0 Å². The van der Waals surface area contributed by atoms with E-state index in [1.807, 2.05) is 18.3 Å². The summed E-state index contributed by atoms with van der Waals surface area (Å²) < 4.78 is 2.54. The number of fused-ring (bicyclic) bond motifs is 2. The fourth-order valence-electron chi connectivity index (χ4n) is 4.66. The van der Waals surface area contributed by atoms with E-state index < -0.39 is 11.6 Å². The van der Waals surface area contributed by atoms with E-state index in [0.717, 1.165) is 17.4 Å². The Morgan fingerprint density at radius 3 is 2.87 bits per heavy atom. The van der Waals surface area contributed by atoms with Crippen molar-refractivity contribution < 1.29 is 15.0 Å². The first-order valence-electron chi connectivity index (χ1n) is 10.1. The molecule has 7 nitrogen and oxygen atoms in total. The highest BCUT2D eigenvalue weighted by atomic mass is 79.9. The van der Waals surface area contributed by atoms with E-state index in [2.05, 4.69) is 38.4 Å². The van der Waals surface area contributed by atoms with Crippen LogP contribution in [0.4, 0.5) is 0 Å². The molecule has 0 bridgehead atoms. The molecule has 2 aromatic heterocycles. The Hall–Kier alpha value is -2.26. The fourth-order valence-corrected chi connectivity index (χ4v) is 5.16. The van der Waals surface area contributed by atoms with Gasteiger partial charge in [0.05, 0.1) is 18.2 Å². The summed E-state index contributed by atoms with van der Waals surface area (Å²) in [5.74, 6) is -0.205. The van der Waals surface area contributed by atoms with E-state index in [4.69, 9.17) is 0 Å². The number of likely N-dealkylation sites (tertiary alicyclic amines) is 1. The molecule has 0 radical (unpaired) electrons. The summed E-state index contributed by atoms with van der Waals surface area (Å²) in [6, 6.07) is 10.1. The first-order chi connectivity index (χ1) is 14.5. The lowest BCUT2D eigenvalue weighted by Crippen LogP contribution is -2.65. The number of aliphatic hydroxyl groups excluding tert-OH is 2. The molecule has 4 heterocycles. The van der Waals surface area contributed by atoms with Gasteiger partial charge in [0.1, 0.15) is 11.3 Å². The first-order valence-corrected chi connectivity index (χ1v) is 10.9. The molecule has 0 saturated carbocycles. The number of amides is 1. The number of benzene rings is 1. The fraction of sp³-hybridized carbons (Fsp3) is 0.364. The second kappa shape index (κ2) is 7.46. The zero-order valence-corrected chi connectivity index (χ0v) is 18.0. The van der Waals surface area contributed by atoms with Crippen LogP contribution in [-0.2, 0) is 19.6 Å². The SMILES string of the molecule is O=C(c1cn2cc(Br)cc(CO)c2n1)N1CC[C@]2(Cc3ccccc3CN2)[C@H](O)C1. The average Bonchev–Trinajstić information content (AvgIpc) is 3.18. The standard InChI is InChI=1S/C22H23BrN4O3/c23-17-7-16(13-28)20-25-18(11-27(20)10-17)21(30)26-6-5-22(19(29)12-26)8-14-3-1-2-4-15(14)9-24-22/h1-4,7,10-11,19,24,28-29H,5-6,8-9,12-13H2/t19-,22+/m1/s1. The lowest BCUT2D eigenvalue weighted by atomic mass is 9.76. The van der Waals surface area contributed by atoms with Crippen molar-refractivity contribution in [3.63, 3.8) is 0 Å². The summed E-state index contributed by atoms with van der Waals surface area (Å²) >= 11 is 3.41. The van der Waals surface area contributed by atoms with Crippen molar-refractivity contribution in [2.24, 2.45) is 0 Å². The van der Waals surface area contributed by atoms with E-state index in [1.165, 1.54) is 11.1 Å². The zero-order valence-electron chi connectivity index (χ0n) is 16.4. The van der Waals surface area contributed by atoms with E-state index in [9.17, 15) is 15.0 Å². The van der Waals surface area contributed by atoms with Crippen molar-refractivity contribution in [3.8, 4) is 0 Å². The van der Waals surface area contributed by atoms with Gasteiger partial charge in [-0.2, -0.15) is 0 Å². The lowest BCUT2D eigenvalue weighted by molar-refractivity contribution is -0.0140. The van der Waals surface area contributed by atoms with Crippen molar-refractivity contribution in [2.75, 3.05) is 13.1 Å². The van der Waals surface area contributed by atoms with Gasteiger partial charge in [-0.3, -0.25) is 4.79 Å². The third-order valence-corrected chi connectivity index (χ3v) is 6.82. The molecule has 3 aromatic rings. The van der Waals surface area contributed by atoms with E-state index in [-0.39, 0.29) is 19.1 Å². The predicted octanol–water partition coefficient (Wildman–Crippen LogP) is 1.88. The van der Waals surface area contributed by atoms with Gasteiger partial charge < -0.3 is 24.8 Å². The topological polar surface area (TPSA) is 90.1 Å². The number of imidazole rings is 1. The molecular formula is C22H23BrN4O3. The summed E-state index contributed by atoms with van der Waals surface area (Å²) in [7, 11) is 0. The third-order valence-electron chi connectivity index (χ3n) is 6.38. The Balaban J connectivity index is 1.36. The van der Waals surface area contributed by atoms with Crippen LogP contribution in [0.1, 0.15) is 33.6 Å². The van der Waals surface area contributed by atoms with Crippen molar-refractivity contribution in [2.45, 2.75) is 37.6 Å². The van der Waals surface area contributed by atoms with E-state index in [0.29, 0.717) is 29.9 Å². The Kier molecular flexibility index (Phi) is 4.89. The van der Waals surface area contributed by atoms with Gasteiger partial charge in [0.15, 0.2) is 0 Å². The van der Waals surface area contributed by atoms with Gasteiger partial charge in [0, 0.05) is 42.1 Å². The van der Waals surface area contributed by atoms with Crippen LogP contribution in [0.2, 0.25) is 0 Å². The summed E-state index contributed by atoms with van der Waals surface area (Å²) in [5, 5.41) is 24.1. The Morgan fingerprint density at radius 2 is 2.10 bits per heavy atom. The quantitative estimate of drug-likeness (QED) is 0.531. The summed E-state index contributed by atoms with van der Waals surface area (Å²) in [6.07, 6.45) is 4.25. The molecule has 30 heavy (non-hydrogen) atoms. The lowest BCUT2D eigenvalue weighted by Gasteiger charge is -2.48. The van der Waals surface area contributed by atoms with Gasteiger partial charge in [0.2, 0.25) is 0 Å². The molecule has 8 heteroatoms. The number of β-amino-alcohol motifs (C(OH)–C–C–N with tert-alkyl or cyclic N) is 1. The number of hydrogen-bond donors (Lipinski definition) is 3. The molecule has 5 rings (SSSR count). The van der Waals surface area contributed by atoms with Gasteiger partial charge in [-0.05, 0) is 46.0 Å². The number of nitrogens with zero attached hydrogens (tertiary/aromatic N) is 3. The van der Waals surface area contributed by atoms with E-state index >= 15 is 0 Å². The number of pyridine rings is 1. The highest BCUT2D eigenvalue weighted by Gasteiger charge is 2.45. The van der Waals surface area contributed by atoms with Gasteiger partial charge in [-0.1, -0.05) is 24.3 Å². The number of nitrogens with one attached hydrogen (secondary N) is 1. The van der Waals surface area contributed by atoms with Crippen LogP contribution >= 0.6 is 15.9 Å². The molecule has 1 fully saturated rings. The Bertz CT molecular complexity index is 1130. The summed E-state index contributed by atoms with van der Waals surface area (Å²) in [5.41, 5.74) is 3.64. The number of carbonyl (C=O) groups is 1. The second-order valence-corrected chi connectivity index (χ2v) is 9.09. The maximum atomic E-state index is 13.1. The highest BCUT2D eigenvalue weighted by Crippen LogP contribution is 2.32. The molecule has 1 saturated heterocycles. The molecule has 1 spiro atoms. The minimum atomic E-state index is -0.664. The third kappa shape index (κ3) is 3.24. The van der Waals surface area contributed by atoms with Crippen molar-refractivity contribution in [1.82, 2.24) is 19.6 Å². The largest absolute Gasteiger partial charge is 0.392 e. The van der Waals surface area contributed by atoms with Crippen molar-refractivity contribution in [3.05, 3.63) is 69.6 Å². The van der Waals surface area contributed by atoms with Gasteiger partial charge >= 0.3 is 0 Å². The molecule has 2 aliphatic rings. The maximum absolute atomic E-state index is 13.1. The molecule has 0 unspecified atom stereocenters. The highest BCUT2D eigenvalue weighted by molar-refractivity contribution is 9.10. The number of aromatic nitrogens is 2. The Labute approximate surface area is 182 Å². The molecule has 1 amide bonds. The van der Waals surface area contributed by atoms with Crippen LogP contribution in [-0.4, -0.2) is 55.1 Å². The van der Waals surface area contributed by atoms with Gasteiger partial charge in [-0.25, -0.2) is 4.98 Å². The molecule has 1 aromatic carbocycles. The summed E-state index contributed by atoms with van der Waals surface area (Å²) in [4.78, 5) is 19.2. The van der Waals surface area contributed by atoms with Gasteiger partial charge in [0.25, 0.3) is 5.91 Å². The van der Waals surface area contributed by atoms with Crippen molar-refractivity contribution >= 4 is 27.5 Å². The molecular weight excluding hydrogens is 448 g/mol. The van der Waals surface area contributed by atoms with Gasteiger partial charge in [-0.15, -0.1) is 0 Å². The number of halogens is 1. The average molecular weight is 471 g/mol. The number of aliphatic hydroxyl groups is 2. The van der Waals surface area contributed by atoms with E-state index in [1.54, 1.807) is 21.6 Å². The van der Waals surface area contributed by atoms with Crippen LogP contribution in [0.15, 0.2) is 47.2 Å². The minimum absolute atomic E-state index is 0.161. The maximum Gasteiger partial charge on any atom is 0.274 e. The summed E-state index contributed by atoms with van der Waals surface area (Å²) in [6.45, 7) is 1.38. The smallest absolute Gasteiger partial charge is 0.274 e. The van der Waals surface area contributed by atoms with Crippen molar-refractivity contribution in [1.29, 1.82) is 0 Å². The number of rotatable bonds is 2. The van der Waals surface area contributed by atoms with Crippen LogP contribution in [0.5, 0.6) is 0 Å². The normalized spacial score (nSPS) is 23.7. The van der Waals surface area contributed by atoms with Crippen LogP contribution < -0.4 is 5.32 Å². The number of hydrogen-bond acceptors (Lipinski definition) is 5. The monoisotopic (exact) mass is 470 g/mol. The predicted molar refractivity (Wildman–Crippen MR) is 115 cm³/mol. The molecule has 2 atom stereocenters. The minimum Gasteiger partial charge on any atom is -0.392 e. The number of piperidine rings is 1. The molecule has 0 aliphatic carbocycles. The van der Waals surface area contributed by atoms with Crippen LogP contribution in [0.3, 0.4) is 0 Å². The number of carbonyl (C=O) groups excluding carboxylic acids is 1. The zero-order chi connectivity index (χ0) is 20.9. The Morgan fingerprint density at radius 1 is 1.30 bits per heavy atom. The molecule has 3 N–H and O–H groups in total.